The summed E-state index contributed by atoms with van der Waals surface area (Å²) in [6.07, 6.45) is 1.76. The van der Waals surface area contributed by atoms with Crippen molar-refractivity contribution in [3.63, 3.8) is 0 Å². The SMILES string of the molecule is Cc1cc(C(=O)Nc2ncc(-c3ccc(C)c(C)c3)n2C)c2c(C)noc2n1. The van der Waals surface area contributed by atoms with Crippen LogP contribution in [0.4, 0.5) is 5.95 Å². The van der Waals surface area contributed by atoms with Crippen molar-refractivity contribution in [1.29, 1.82) is 0 Å². The first-order valence-electron chi connectivity index (χ1n) is 8.99. The van der Waals surface area contributed by atoms with Crippen LogP contribution < -0.4 is 5.32 Å². The second-order valence-corrected chi connectivity index (χ2v) is 7.04. The molecule has 4 aromatic rings. The Morgan fingerprint density at radius 2 is 1.89 bits per heavy atom. The molecule has 0 saturated carbocycles. The van der Waals surface area contributed by atoms with Gasteiger partial charge in [0.05, 0.1) is 28.5 Å². The van der Waals surface area contributed by atoms with E-state index in [2.05, 4.69) is 52.5 Å². The number of aryl methyl sites for hydroxylation is 4. The average molecular weight is 375 g/mol. The molecule has 3 heterocycles. The van der Waals surface area contributed by atoms with Crippen LogP contribution in [0, 0.1) is 27.7 Å². The number of pyridine rings is 1. The maximum atomic E-state index is 13.0. The van der Waals surface area contributed by atoms with Gasteiger partial charge < -0.3 is 9.09 Å². The molecular formula is C21H21N5O2. The number of nitrogens with one attached hydrogen (secondary N) is 1. The Bertz CT molecular complexity index is 1220. The van der Waals surface area contributed by atoms with Gasteiger partial charge in [-0.15, -0.1) is 0 Å². The Balaban J connectivity index is 1.69. The van der Waals surface area contributed by atoms with Gasteiger partial charge in [-0.25, -0.2) is 9.97 Å². The predicted molar refractivity (Wildman–Crippen MR) is 107 cm³/mol. The lowest BCUT2D eigenvalue weighted by Gasteiger charge is -2.09. The number of hydrogen-bond acceptors (Lipinski definition) is 5. The molecule has 0 spiro atoms. The van der Waals surface area contributed by atoms with Crippen LogP contribution in [0.25, 0.3) is 22.4 Å². The first kappa shape index (κ1) is 17.9. The zero-order chi connectivity index (χ0) is 20.0. The molecule has 0 radical (unpaired) electrons. The Labute approximate surface area is 162 Å². The molecule has 28 heavy (non-hydrogen) atoms. The molecule has 0 aliphatic rings. The molecule has 0 bridgehead atoms. The van der Waals surface area contributed by atoms with Gasteiger partial charge in [0.1, 0.15) is 0 Å². The Morgan fingerprint density at radius 3 is 2.64 bits per heavy atom. The third kappa shape index (κ3) is 2.94. The average Bonchev–Trinajstić information content (AvgIpc) is 3.20. The maximum absolute atomic E-state index is 13.0. The summed E-state index contributed by atoms with van der Waals surface area (Å²) in [7, 11) is 1.88. The zero-order valence-electron chi connectivity index (χ0n) is 16.5. The zero-order valence-corrected chi connectivity index (χ0v) is 16.5. The quantitative estimate of drug-likeness (QED) is 0.582. The van der Waals surface area contributed by atoms with E-state index in [1.807, 2.05) is 18.5 Å². The van der Waals surface area contributed by atoms with Crippen LogP contribution in [0.1, 0.15) is 32.9 Å². The number of nitrogens with zero attached hydrogens (tertiary/aromatic N) is 4. The third-order valence-corrected chi connectivity index (χ3v) is 5.01. The van der Waals surface area contributed by atoms with Crippen LogP contribution in [0.3, 0.4) is 0 Å². The summed E-state index contributed by atoms with van der Waals surface area (Å²) in [5, 5.41) is 7.44. The minimum Gasteiger partial charge on any atom is -0.336 e. The van der Waals surface area contributed by atoms with Crippen LogP contribution in [0.15, 0.2) is 35.0 Å². The molecule has 142 valence electrons. The molecular weight excluding hydrogens is 354 g/mol. The fourth-order valence-electron chi connectivity index (χ4n) is 3.26. The number of amides is 1. The molecule has 3 aromatic heterocycles. The highest BCUT2D eigenvalue weighted by Crippen LogP contribution is 2.26. The van der Waals surface area contributed by atoms with Crippen LogP contribution in [0.2, 0.25) is 0 Å². The normalized spacial score (nSPS) is 11.2. The van der Waals surface area contributed by atoms with Gasteiger partial charge in [-0.3, -0.25) is 10.1 Å². The highest BCUT2D eigenvalue weighted by atomic mass is 16.5. The lowest BCUT2D eigenvalue weighted by atomic mass is 10.0. The van der Waals surface area contributed by atoms with Gasteiger partial charge >= 0.3 is 0 Å². The van der Waals surface area contributed by atoms with Crippen molar-refractivity contribution >= 4 is 23.0 Å². The number of carbonyl (C=O) groups is 1. The Morgan fingerprint density at radius 1 is 1.11 bits per heavy atom. The molecule has 0 fully saturated rings. The van der Waals surface area contributed by atoms with Crippen molar-refractivity contribution in [1.82, 2.24) is 19.7 Å². The molecule has 1 aromatic carbocycles. The summed E-state index contributed by atoms with van der Waals surface area (Å²) in [6, 6.07) is 7.99. The van der Waals surface area contributed by atoms with Gasteiger partial charge in [0, 0.05) is 18.3 Å². The van der Waals surface area contributed by atoms with E-state index >= 15 is 0 Å². The number of benzene rings is 1. The number of anilines is 1. The van der Waals surface area contributed by atoms with Crippen molar-refractivity contribution < 1.29 is 9.32 Å². The molecule has 1 amide bonds. The smallest absolute Gasteiger partial charge is 0.258 e. The molecule has 0 unspecified atom stereocenters. The van der Waals surface area contributed by atoms with Crippen LogP contribution >= 0.6 is 0 Å². The highest BCUT2D eigenvalue weighted by Gasteiger charge is 2.20. The van der Waals surface area contributed by atoms with Gasteiger partial charge in [0.15, 0.2) is 0 Å². The third-order valence-electron chi connectivity index (χ3n) is 5.01. The van der Waals surface area contributed by atoms with Gasteiger partial charge in [-0.2, -0.15) is 0 Å². The van der Waals surface area contributed by atoms with E-state index in [1.165, 1.54) is 11.1 Å². The van der Waals surface area contributed by atoms with Crippen molar-refractivity contribution in [3.05, 3.63) is 58.5 Å². The minimum absolute atomic E-state index is 0.276. The lowest BCUT2D eigenvalue weighted by Crippen LogP contribution is -2.16. The second-order valence-electron chi connectivity index (χ2n) is 7.04. The lowest BCUT2D eigenvalue weighted by molar-refractivity contribution is 0.102. The number of hydrogen-bond donors (Lipinski definition) is 1. The summed E-state index contributed by atoms with van der Waals surface area (Å²) in [6.45, 7) is 7.76. The van der Waals surface area contributed by atoms with Crippen molar-refractivity contribution in [2.45, 2.75) is 27.7 Å². The van der Waals surface area contributed by atoms with Crippen molar-refractivity contribution in [2.75, 3.05) is 5.32 Å². The highest BCUT2D eigenvalue weighted by molar-refractivity contribution is 6.11. The fourth-order valence-corrected chi connectivity index (χ4v) is 3.26. The molecule has 4 rings (SSSR count). The van der Waals surface area contributed by atoms with E-state index in [0.29, 0.717) is 34.0 Å². The number of imidazole rings is 1. The Hall–Kier alpha value is -3.48. The molecule has 0 atom stereocenters. The summed E-state index contributed by atoms with van der Waals surface area (Å²) >= 11 is 0. The maximum Gasteiger partial charge on any atom is 0.258 e. The number of aromatic nitrogens is 4. The predicted octanol–water partition coefficient (Wildman–Crippen LogP) is 4.11. The topological polar surface area (TPSA) is 85.8 Å². The van der Waals surface area contributed by atoms with Gasteiger partial charge in [0.2, 0.25) is 5.95 Å². The Kier molecular flexibility index (Phi) is 4.22. The van der Waals surface area contributed by atoms with Gasteiger partial charge in [-0.1, -0.05) is 17.3 Å². The summed E-state index contributed by atoms with van der Waals surface area (Å²) in [5.41, 5.74) is 6.57. The monoisotopic (exact) mass is 375 g/mol. The summed E-state index contributed by atoms with van der Waals surface area (Å²) in [4.78, 5) is 21.7. The molecule has 1 N–H and O–H groups in total. The van der Waals surface area contributed by atoms with Crippen molar-refractivity contribution in [3.8, 4) is 11.3 Å². The summed E-state index contributed by atoms with van der Waals surface area (Å²) < 4.78 is 7.08. The van der Waals surface area contributed by atoms with Crippen LogP contribution in [-0.4, -0.2) is 25.6 Å². The molecule has 0 aliphatic heterocycles. The summed E-state index contributed by atoms with van der Waals surface area (Å²) in [5.74, 6) is 0.192. The standard InChI is InChI=1S/C21H21N5O2/c1-11-6-7-15(8-12(11)2)17-10-22-21(26(17)5)24-19(27)16-9-13(3)23-20-18(16)14(4)25-28-20/h6-10H,1-5H3,(H,22,24,27). The van der Waals surface area contributed by atoms with E-state index in [-0.39, 0.29) is 5.91 Å². The molecule has 7 heteroatoms. The molecule has 0 saturated heterocycles. The first-order valence-corrected chi connectivity index (χ1v) is 8.99. The number of rotatable bonds is 3. The molecule has 0 aliphatic carbocycles. The minimum atomic E-state index is -0.276. The fraction of sp³-hybridized carbons (Fsp3) is 0.238. The van der Waals surface area contributed by atoms with E-state index in [4.69, 9.17) is 4.52 Å². The van der Waals surface area contributed by atoms with E-state index in [0.717, 1.165) is 11.3 Å². The largest absolute Gasteiger partial charge is 0.336 e. The van der Waals surface area contributed by atoms with E-state index in [9.17, 15) is 4.79 Å². The number of fused-ring (bicyclic) bond motifs is 1. The van der Waals surface area contributed by atoms with E-state index < -0.39 is 0 Å². The van der Waals surface area contributed by atoms with E-state index in [1.54, 1.807) is 19.2 Å². The molecule has 7 nitrogen and oxygen atoms in total. The second kappa shape index (κ2) is 6.60. The van der Waals surface area contributed by atoms with Crippen LogP contribution in [-0.2, 0) is 7.05 Å². The van der Waals surface area contributed by atoms with Crippen LogP contribution in [0.5, 0.6) is 0 Å². The van der Waals surface area contributed by atoms with Crippen molar-refractivity contribution in [2.24, 2.45) is 7.05 Å². The van der Waals surface area contributed by atoms with Gasteiger partial charge in [-0.05, 0) is 51.0 Å². The number of carbonyl (C=O) groups excluding carboxylic acids is 1. The van der Waals surface area contributed by atoms with Gasteiger partial charge in [0.25, 0.3) is 11.6 Å². The first-order chi connectivity index (χ1) is 13.3.